The second-order valence-corrected chi connectivity index (χ2v) is 9.87. The van der Waals surface area contributed by atoms with Crippen molar-refractivity contribution in [3.63, 3.8) is 0 Å². The summed E-state index contributed by atoms with van der Waals surface area (Å²) in [7, 11) is 1.64. The number of nitrogens with zero attached hydrogens (tertiary/aromatic N) is 2. The Morgan fingerprint density at radius 1 is 1.22 bits per heavy atom. The number of amides is 1. The number of anilines is 1. The van der Waals surface area contributed by atoms with Gasteiger partial charge in [-0.3, -0.25) is 9.78 Å². The molecule has 2 heterocycles. The van der Waals surface area contributed by atoms with Gasteiger partial charge in [-0.25, -0.2) is 0 Å². The quantitative estimate of drug-likeness (QED) is 0.339. The fourth-order valence-corrected chi connectivity index (χ4v) is 4.97. The van der Waals surface area contributed by atoms with E-state index in [0.717, 1.165) is 61.1 Å². The van der Waals surface area contributed by atoms with Gasteiger partial charge in [-0.15, -0.1) is 0 Å². The van der Waals surface area contributed by atoms with E-state index in [9.17, 15) is 9.90 Å². The van der Waals surface area contributed by atoms with Crippen molar-refractivity contribution in [2.24, 2.45) is 0 Å². The molecule has 0 spiro atoms. The molecule has 0 saturated carbocycles. The molecule has 4 rings (SSSR count). The summed E-state index contributed by atoms with van der Waals surface area (Å²) in [6.45, 7) is 3.09. The fraction of sp³-hybridized carbons (Fsp3) is 0.407. The number of piperidine rings is 1. The zero-order chi connectivity index (χ0) is 25.5. The predicted octanol–water partition coefficient (Wildman–Crippen LogP) is 5.06. The molecule has 9 heteroatoms. The van der Waals surface area contributed by atoms with Crippen LogP contribution in [0.2, 0.25) is 10.0 Å². The van der Waals surface area contributed by atoms with Crippen molar-refractivity contribution in [2.45, 2.75) is 37.8 Å². The molecule has 1 amide bonds. The first-order valence-corrected chi connectivity index (χ1v) is 13.0. The van der Waals surface area contributed by atoms with Crippen molar-refractivity contribution < 1.29 is 14.6 Å². The summed E-state index contributed by atoms with van der Waals surface area (Å²) >= 11 is 12.1. The van der Waals surface area contributed by atoms with Gasteiger partial charge in [0, 0.05) is 17.6 Å². The molecule has 1 aliphatic heterocycles. The zero-order valence-corrected chi connectivity index (χ0v) is 21.9. The first kappa shape index (κ1) is 26.6. The van der Waals surface area contributed by atoms with Gasteiger partial charge >= 0.3 is 0 Å². The van der Waals surface area contributed by atoms with Crippen LogP contribution in [0.5, 0.6) is 5.75 Å². The van der Waals surface area contributed by atoms with E-state index in [1.807, 2.05) is 24.3 Å². The van der Waals surface area contributed by atoms with Crippen molar-refractivity contribution >= 4 is 45.7 Å². The van der Waals surface area contributed by atoms with Gasteiger partial charge in [-0.2, -0.15) is 0 Å². The number of methoxy groups -OCH3 is 1. The van der Waals surface area contributed by atoms with Crippen LogP contribution in [0.15, 0.2) is 48.7 Å². The summed E-state index contributed by atoms with van der Waals surface area (Å²) in [5.74, 6) is 0.614. The number of rotatable bonds is 10. The van der Waals surface area contributed by atoms with E-state index in [-0.39, 0.29) is 12.5 Å². The van der Waals surface area contributed by atoms with Crippen molar-refractivity contribution in [2.75, 3.05) is 38.6 Å². The number of carbonyl (C=O) groups excluding carboxylic acids is 1. The summed E-state index contributed by atoms with van der Waals surface area (Å²) in [6.07, 6.45) is 4.73. The van der Waals surface area contributed by atoms with E-state index in [4.69, 9.17) is 27.9 Å². The van der Waals surface area contributed by atoms with E-state index < -0.39 is 6.10 Å². The van der Waals surface area contributed by atoms with Crippen LogP contribution in [0.3, 0.4) is 0 Å². The van der Waals surface area contributed by atoms with Gasteiger partial charge < -0.3 is 25.4 Å². The van der Waals surface area contributed by atoms with Crippen LogP contribution in [0, 0.1) is 0 Å². The molecule has 1 aliphatic rings. The van der Waals surface area contributed by atoms with Crippen LogP contribution in [0.1, 0.15) is 37.4 Å². The minimum atomic E-state index is -0.548. The molecule has 1 saturated heterocycles. The normalized spacial score (nSPS) is 15.7. The Morgan fingerprint density at radius 3 is 2.81 bits per heavy atom. The summed E-state index contributed by atoms with van der Waals surface area (Å²) < 4.78 is 5.34. The molecule has 1 aromatic heterocycles. The lowest BCUT2D eigenvalue weighted by molar-refractivity contribution is -0.115. The number of likely N-dealkylation sites (tertiary alicyclic amines) is 1. The van der Waals surface area contributed by atoms with Gasteiger partial charge in [0.15, 0.2) is 0 Å². The minimum Gasteiger partial charge on any atom is -0.497 e. The highest BCUT2D eigenvalue weighted by Gasteiger charge is 2.20. The molecule has 1 unspecified atom stereocenters. The maximum absolute atomic E-state index is 12.3. The third kappa shape index (κ3) is 6.87. The molecule has 7 nitrogen and oxygen atoms in total. The number of halogens is 2. The van der Waals surface area contributed by atoms with E-state index >= 15 is 0 Å². The Morgan fingerprint density at radius 2 is 2.03 bits per heavy atom. The lowest BCUT2D eigenvalue weighted by atomic mass is 10.00. The van der Waals surface area contributed by atoms with Crippen LogP contribution < -0.4 is 15.4 Å². The second kappa shape index (κ2) is 12.7. The molecule has 1 atom stereocenters. The largest absolute Gasteiger partial charge is 0.497 e. The van der Waals surface area contributed by atoms with Gasteiger partial charge in [-0.1, -0.05) is 29.3 Å². The standard InChI is InChI=1S/C27H32Cl2N4O3/c1-36-19-7-8-23-21(16-19)20(9-12-30-23)25(34)6-3-13-33-14-10-18(11-15-33)31-17-26(35)32-24-5-2-4-22(28)27(24)29/h2,4-5,7-9,12,16,18,25,31,34H,3,6,10-11,13-15,17H2,1H3,(H,32,35). The predicted molar refractivity (Wildman–Crippen MR) is 145 cm³/mol. The third-order valence-corrected chi connectivity index (χ3v) is 7.48. The number of aliphatic hydroxyl groups is 1. The summed E-state index contributed by atoms with van der Waals surface area (Å²) in [5, 5.41) is 18.7. The monoisotopic (exact) mass is 530 g/mol. The molecule has 3 aromatic rings. The van der Waals surface area contributed by atoms with Gasteiger partial charge in [0.05, 0.1) is 41.0 Å². The number of benzene rings is 2. The molecule has 192 valence electrons. The minimum absolute atomic E-state index is 0.142. The highest BCUT2D eigenvalue weighted by Crippen LogP contribution is 2.30. The summed E-state index contributed by atoms with van der Waals surface area (Å²) in [4.78, 5) is 19.1. The molecule has 2 aromatic carbocycles. The van der Waals surface area contributed by atoms with Gasteiger partial charge in [0.25, 0.3) is 0 Å². The summed E-state index contributed by atoms with van der Waals surface area (Å²) in [5.41, 5.74) is 2.26. The second-order valence-electron chi connectivity index (χ2n) is 9.09. The fourth-order valence-electron chi connectivity index (χ4n) is 4.62. The molecule has 0 aliphatic carbocycles. The highest BCUT2D eigenvalue weighted by molar-refractivity contribution is 6.44. The number of fused-ring (bicyclic) bond motifs is 1. The van der Waals surface area contributed by atoms with Gasteiger partial charge in [0.2, 0.25) is 5.91 Å². The number of pyridine rings is 1. The van der Waals surface area contributed by atoms with Crippen molar-refractivity contribution in [3.05, 3.63) is 64.3 Å². The Labute approximate surface area is 221 Å². The van der Waals surface area contributed by atoms with E-state index in [1.165, 1.54) is 0 Å². The molecular formula is C27H32Cl2N4O3. The Hall–Kier alpha value is -2.42. The highest BCUT2D eigenvalue weighted by atomic mass is 35.5. The van der Waals surface area contributed by atoms with Crippen LogP contribution >= 0.6 is 23.2 Å². The Kier molecular flexibility index (Phi) is 9.40. The maximum atomic E-state index is 12.3. The molecule has 3 N–H and O–H groups in total. The molecule has 0 radical (unpaired) electrons. The number of ether oxygens (including phenoxy) is 1. The molecule has 36 heavy (non-hydrogen) atoms. The number of carbonyl (C=O) groups is 1. The molecule has 1 fully saturated rings. The number of hydrogen-bond acceptors (Lipinski definition) is 6. The van der Waals surface area contributed by atoms with Crippen LogP contribution in [0.25, 0.3) is 10.9 Å². The number of nitrogens with one attached hydrogen (secondary N) is 2. The third-order valence-electron chi connectivity index (χ3n) is 6.66. The maximum Gasteiger partial charge on any atom is 0.238 e. The molecule has 0 bridgehead atoms. The average Bonchev–Trinajstić information content (AvgIpc) is 2.90. The smallest absolute Gasteiger partial charge is 0.238 e. The van der Waals surface area contributed by atoms with E-state index in [1.54, 1.807) is 31.5 Å². The molecular weight excluding hydrogens is 499 g/mol. The first-order chi connectivity index (χ1) is 17.4. The zero-order valence-electron chi connectivity index (χ0n) is 20.3. The Bertz CT molecular complexity index is 1180. The number of aliphatic hydroxyl groups excluding tert-OH is 1. The SMILES string of the molecule is COc1ccc2nccc(C(O)CCCN3CCC(NCC(=O)Nc4cccc(Cl)c4Cl)CC3)c2c1. The lowest BCUT2D eigenvalue weighted by Crippen LogP contribution is -2.45. The number of aromatic nitrogens is 1. The van der Waals surface area contributed by atoms with E-state index in [0.29, 0.717) is 28.2 Å². The van der Waals surface area contributed by atoms with Crippen molar-refractivity contribution in [1.29, 1.82) is 0 Å². The van der Waals surface area contributed by atoms with Gasteiger partial charge in [0.1, 0.15) is 5.75 Å². The van der Waals surface area contributed by atoms with E-state index in [2.05, 4.69) is 20.5 Å². The van der Waals surface area contributed by atoms with Crippen LogP contribution in [0.4, 0.5) is 5.69 Å². The lowest BCUT2D eigenvalue weighted by Gasteiger charge is -2.32. The number of hydrogen-bond donors (Lipinski definition) is 3. The van der Waals surface area contributed by atoms with Crippen LogP contribution in [-0.4, -0.2) is 60.2 Å². The summed E-state index contributed by atoms with van der Waals surface area (Å²) in [6, 6.07) is 13.1. The Balaban J connectivity index is 1.17. The van der Waals surface area contributed by atoms with Crippen molar-refractivity contribution in [1.82, 2.24) is 15.2 Å². The first-order valence-electron chi connectivity index (χ1n) is 12.2. The van der Waals surface area contributed by atoms with Crippen LogP contribution in [-0.2, 0) is 4.79 Å². The average molecular weight is 531 g/mol. The topological polar surface area (TPSA) is 86.7 Å². The van der Waals surface area contributed by atoms with Crippen molar-refractivity contribution in [3.8, 4) is 5.75 Å². The van der Waals surface area contributed by atoms with Gasteiger partial charge in [-0.05, 0) is 87.3 Å².